The molecule has 0 amide bonds. The van der Waals surface area contributed by atoms with Crippen molar-refractivity contribution in [3.05, 3.63) is 0 Å². The molecule has 1 rings (SSSR count). The Morgan fingerprint density at radius 1 is 1.58 bits per heavy atom. The lowest BCUT2D eigenvalue weighted by atomic mass is 9.79. The van der Waals surface area contributed by atoms with Gasteiger partial charge in [-0.1, -0.05) is 13.8 Å². The van der Waals surface area contributed by atoms with Crippen LogP contribution >= 0.6 is 0 Å². The SMILES string of the molecule is CC(C)CC1CNCCC1(C)O. The molecule has 1 aliphatic rings. The van der Waals surface area contributed by atoms with E-state index in [1.165, 1.54) is 0 Å². The summed E-state index contributed by atoms with van der Waals surface area (Å²) in [7, 11) is 0. The average Bonchev–Trinajstić information content (AvgIpc) is 1.92. The van der Waals surface area contributed by atoms with Crippen molar-refractivity contribution in [1.29, 1.82) is 0 Å². The van der Waals surface area contributed by atoms with Gasteiger partial charge in [-0.2, -0.15) is 0 Å². The molecule has 0 aromatic rings. The third kappa shape index (κ3) is 2.46. The van der Waals surface area contributed by atoms with E-state index in [1.54, 1.807) is 0 Å². The Bertz CT molecular complexity index is 143. The Morgan fingerprint density at radius 2 is 2.25 bits per heavy atom. The van der Waals surface area contributed by atoms with E-state index in [-0.39, 0.29) is 0 Å². The van der Waals surface area contributed by atoms with Crippen LogP contribution in [-0.2, 0) is 0 Å². The molecule has 0 radical (unpaired) electrons. The van der Waals surface area contributed by atoms with Crippen LogP contribution < -0.4 is 5.32 Å². The van der Waals surface area contributed by atoms with Gasteiger partial charge in [-0.3, -0.25) is 0 Å². The topological polar surface area (TPSA) is 32.3 Å². The molecule has 12 heavy (non-hydrogen) atoms. The van der Waals surface area contributed by atoms with Gasteiger partial charge in [0.1, 0.15) is 0 Å². The molecule has 2 atom stereocenters. The lowest BCUT2D eigenvalue weighted by Gasteiger charge is -2.38. The summed E-state index contributed by atoms with van der Waals surface area (Å²) in [5.41, 5.74) is -0.435. The number of aliphatic hydroxyl groups is 1. The van der Waals surface area contributed by atoms with E-state index in [9.17, 15) is 5.11 Å². The van der Waals surface area contributed by atoms with Crippen LogP contribution in [0.25, 0.3) is 0 Å². The first kappa shape index (κ1) is 10.0. The molecule has 0 saturated carbocycles. The average molecular weight is 171 g/mol. The van der Waals surface area contributed by atoms with E-state index in [2.05, 4.69) is 19.2 Å². The van der Waals surface area contributed by atoms with E-state index in [4.69, 9.17) is 0 Å². The van der Waals surface area contributed by atoms with E-state index < -0.39 is 5.60 Å². The van der Waals surface area contributed by atoms with Gasteiger partial charge in [-0.15, -0.1) is 0 Å². The van der Waals surface area contributed by atoms with Gasteiger partial charge >= 0.3 is 0 Å². The molecule has 0 aliphatic carbocycles. The summed E-state index contributed by atoms with van der Waals surface area (Å²) in [4.78, 5) is 0. The van der Waals surface area contributed by atoms with Crippen LogP contribution in [0.15, 0.2) is 0 Å². The fraction of sp³-hybridized carbons (Fsp3) is 1.00. The van der Waals surface area contributed by atoms with Gasteiger partial charge in [0.2, 0.25) is 0 Å². The number of hydrogen-bond acceptors (Lipinski definition) is 2. The second-order valence-electron chi connectivity index (χ2n) is 4.64. The number of piperidine rings is 1. The van der Waals surface area contributed by atoms with Gasteiger partial charge in [0.05, 0.1) is 5.60 Å². The highest BCUT2D eigenvalue weighted by molar-refractivity contribution is 4.88. The van der Waals surface area contributed by atoms with Gasteiger partial charge < -0.3 is 10.4 Å². The lowest BCUT2D eigenvalue weighted by molar-refractivity contribution is -0.0312. The highest BCUT2D eigenvalue weighted by atomic mass is 16.3. The van der Waals surface area contributed by atoms with Crippen molar-refractivity contribution in [2.24, 2.45) is 11.8 Å². The maximum absolute atomic E-state index is 10.0. The second kappa shape index (κ2) is 3.75. The molecule has 0 bridgehead atoms. The monoisotopic (exact) mass is 171 g/mol. The first-order valence-electron chi connectivity index (χ1n) is 4.95. The standard InChI is InChI=1S/C10H21NO/c1-8(2)6-9-7-11-5-4-10(9,3)12/h8-9,11-12H,4-7H2,1-3H3. The summed E-state index contributed by atoms with van der Waals surface area (Å²) in [5.74, 6) is 1.12. The molecule has 72 valence electrons. The summed E-state index contributed by atoms with van der Waals surface area (Å²) in [6.07, 6.45) is 2.02. The molecule has 2 unspecified atom stereocenters. The van der Waals surface area contributed by atoms with Crippen LogP contribution in [0.2, 0.25) is 0 Å². The van der Waals surface area contributed by atoms with Crippen molar-refractivity contribution in [2.75, 3.05) is 13.1 Å². The van der Waals surface area contributed by atoms with Gasteiger partial charge in [0.25, 0.3) is 0 Å². The first-order chi connectivity index (χ1) is 5.52. The molecule has 1 heterocycles. The predicted octanol–water partition coefficient (Wildman–Crippen LogP) is 1.39. The second-order valence-corrected chi connectivity index (χ2v) is 4.64. The fourth-order valence-corrected chi connectivity index (χ4v) is 1.95. The molecule has 1 saturated heterocycles. The van der Waals surface area contributed by atoms with Crippen LogP contribution in [-0.4, -0.2) is 23.8 Å². The Balaban J connectivity index is 2.48. The Morgan fingerprint density at radius 3 is 2.75 bits per heavy atom. The molecule has 2 N–H and O–H groups in total. The van der Waals surface area contributed by atoms with Gasteiger partial charge in [0.15, 0.2) is 0 Å². The van der Waals surface area contributed by atoms with Crippen molar-refractivity contribution in [1.82, 2.24) is 5.32 Å². The predicted molar refractivity (Wildman–Crippen MR) is 51.1 cm³/mol. The Labute approximate surface area is 75.4 Å². The summed E-state index contributed by atoms with van der Waals surface area (Å²) >= 11 is 0. The van der Waals surface area contributed by atoms with Crippen LogP contribution in [0.1, 0.15) is 33.6 Å². The summed E-state index contributed by atoms with van der Waals surface area (Å²) < 4.78 is 0. The lowest BCUT2D eigenvalue weighted by Crippen LogP contribution is -2.48. The van der Waals surface area contributed by atoms with E-state index in [1.807, 2.05) is 6.92 Å². The molecule has 2 nitrogen and oxygen atoms in total. The zero-order chi connectivity index (χ0) is 9.19. The van der Waals surface area contributed by atoms with Gasteiger partial charge in [0, 0.05) is 12.5 Å². The van der Waals surface area contributed by atoms with Crippen LogP contribution in [0, 0.1) is 11.8 Å². The third-order valence-electron chi connectivity index (χ3n) is 2.83. The minimum atomic E-state index is -0.435. The quantitative estimate of drug-likeness (QED) is 0.658. The van der Waals surface area contributed by atoms with Crippen molar-refractivity contribution >= 4 is 0 Å². The van der Waals surface area contributed by atoms with Crippen molar-refractivity contribution < 1.29 is 5.11 Å². The largest absolute Gasteiger partial charge is 0.390 e. The van der Waals surface area contributed by atoms with Crippen molar-refractivity contribution in [3.8, 4) is 0 Å². The molecule has 1 fully saturated rings. The Hall–Kier alpha value is -0.0800. The van der Waals surface area contributed by atoms with E-state index in [0.29, 0.717) is 11.8 Å². The molecular weight excluding hydrogens is 150 g/mol. The molecule has 2 heteroatoms. The number of rotatable bonds is 2. The number of hydrogen-bond donors (Lipinski definition) is 2. The van der Waals surface area contributed by atoms with Crippen molar-refractivity contribution in [3.63, 3.8) is 0 Å². The normalized spacial score (nSPS) is 37.2. The molecule has 0 spiro atoms. The first-order valence-corrected chi connectivity index (χ1v) is 4.95. The zero-order valence-electron chi connectivity index (χ0n) is 8.43. The summed E-state index contributed by atoms with van der Waals surface area (Å²) in [6, 6.07) is 0. The maximum Gasteiger partial charge on any atom is 0.0672 e. The minimum absolute atomic E-state index is 0.435. The fourth-order valence-electron chi connectivity index (χ4n) is 1.95. The summed E-state index contributed by atoms with van der Waals surface area (Å²) in [6.45, 7) is 8.34. The van der Waals surface area contributed by atoms with E-state index >= 15 is 0 Å². The highest BCUT2D eigenvalue weighted by Crippen LogP contribution is 2.28. The highest BCUT2D eigenvalue weighted by Gasteiger charge is 2.34. The van der Waals surface area contributed by atoms with Crippen LogP contribution in [0.5, 0.6) is 0 Å². The van der Waals surface area contributed by atoms with Crippen LogP contribution in [0.4, 0.5) is 0 Å². The van der Waals surface area contributed by atoms with Gasteiger partial charge in [-0.05, 0) is 32.2 Å². The molecule has 1 aliphatic heterocycles. The van der Waals surface area contributed by atoms with Gasteiger partial charge in [-0.25, -0.2) is 0 Å². The summed E-state index contributed by atoms with van der Waals surface area (Å²) in [5, 5.41) is 13.4. The molecule has 0 aromatic carbocycles. The van der Waals surface area contributed by atoms with Crippen molar-refractivity contribution in [2.45, 2.75) is 39.2 Å². The van der Waals surface area contributed by atoms with E-state index in [0.717, 1.165) is 25.9 Å². The molecular formula is C10H21NO. The molecule has 0 aromatic heterocycles. The Kier molecular flexibility index (Phi) is 3.13. The smallest absolute Gasteiger partial charge is 0.0672 e. The number of nitrogens with one attached hydrogen (secondary N) is 1. The maximum atomic E-state index is 10.0. The zero-order valence-corrected chi connectivity index (χ0v) is 8.43. The minimum Gasteiger partial charge on any atom is -0.390 e. The van der Waals surface area contributed by atoms with Crippen LogP contribution in [0.3, 0.4) is 0 Å². The third-order valence-corrected chi connectivity index (χ3v) is 2.83.